The van der Waals surface area contributed by atoms with Crippen LogP contribution in [0.1, 0.15) is 24.2 Å². The zero-order valence-electron chi connectivity index (χ0n) is 12.8. The summed E-state index contributed by atoms with van der Waals surface area (Å²) in [6.45, 7) is 4.35. The van der Waals surface area contributed by atoms with Gasteiger partial charge in [-0.2, -0.15) is 0 Å². The number of piperidine rings is 1. The Hall–Kier alpha value is -1.81. The Morgan fingerprint density at radius 3 is 2.86 bits per heavy atom. The van der Waals surface area contributed by atoms with Gasteiger partial charge < -0.3 is 15.0 Å². The fourth-order valence-corrected chi connectivity index (χ4v) is 2.99. The van der Waals surface area contributed by atoms with Crippen LogP contribution in [0.25, 0.3) is 11.3 Å². The molecule has 2 N–H and O–H groups in total. The monoisotopic (exact) mass is 285 g/mol. The second-order valence-electron chi connectivity index (χ2n) is 5.84. The quantitative estimate of drug-likeness (QED) is 0.908. The first kappa shape index (κ1) is 14.1. The summed E-state index contributed by atoms with van der Waals surface area (Å²) in [4.78, 5) is 8.03. The van der Waals surface area contributed by atoms with E-state index >= 15 is 0 Å². The molecule has 0 spiro atoms. The first-order valence-corrected chi connectivity index (χ1v) is 7.66. The van der Waals surface area contributed by atoms with Crippen molar-refractivity contribution in [3.63, 3.8) is 0 Å². The summed E-state index contributed by atoms with van der Waals surface area (Å²) in [6.07, 6.45) is 5.44. The minimum atomic E-state index is 0.740. The van der Waals surface area contributed by atoms with Crippen LogP contribution in [0.4, 0.5) is 0 Å². The fraction of sp³-hybridized carbons (Fsp3) is 0.471. The van der Waals surface area contributed by atoms with E-state index in [1.807, 2.05) is 12.3 Å². The molecule has 1 aromatic carbocycles. The van der Waals surface area contributed by atoms with E-state index in [-0.39, 0.29) is 0 Å². The van der Waals surface area contributed by atoms with E-state index in [1.54, 1.807) is 7.11 Å². The number of ether oxygens (including phenoxy) is 1. The minimum Gasteiger partial charge on any atom is -0.496 e. The van der Waals surface area contributed by atoms with Gasteiger partial charge in [0.05, 0.1) is 19.0 Å². The maximum atomic E-state index is 5.46. The molecule has 0 aliphatic carbocycles. The fourth-order valence-electron chi connectivity index (χ4n) is 2.99. The average Bonchev–Trinajstić information content (AvgIpc) is 2.96. The van der Waals surface area contributed by atoms with Crippen molar-refractivity contribution >= 4 is 0 Å². The molecule has 4 heteroatoms. The molecule has 1 fully saturated rings. The molecule has 3 rings (SSSR count). The van der Waals surface area contributed by atoms with Crippen LogP contribution in [0.2, 0.25) is 0 Å². The van der Waals surface area contributed by atoms with Crippen LogP contribution >= 0.6 is 0 Å². The lowest BCUT2D eigenvalue weighted by Gasteiger charge is -2.21. The highest BCUT2D eigenvalue weighted by Gasteiger charge is 2.16. The van der Waals surface area contributed by atoms with Gasteiger partial charge in [0.1, 0.15) is 11.6 Å². The molecule has 112 valence electrons. The van der Waals surface area contributed by atoms with Crippen LogP contribution in [0.5, 0.6) is 5.75 Å². The van der Waals surface area contributed by atoms with Crippen LogP contribution < -0.4 is 10.1 Å². The number of rotatable bonds is 4. The van der Waals surface area contributed by atoms with Crippen LogP contribution in [0.3, 0.4) is 0 Å². The number of nitrogens with one attached hydrogen (secondary N) is 2. The molecule has 1 aliphatic rings. The lowest BCUT2D eigenvalue weighted by molar-refractivity contribution is 0.368. The molecule has 21 heavy (non-hydrogen) atoms. The second-order valence-corrected chi connectivity index (χ2v) is 5.84. The van der Waals surface area contributed by atoms with Gasteiger partial charge in [0.25, 0.3) is 0 Å². The normalized spacial score (nSPS) is 16.1. The van der Waals surface area contributed by atoms with Crippen molar-refractivity contribution in [3.8, 4) is 17.0 Å². The van der Waals surface area contributed by atoms with Crippen LogP contribution in [0, 0.1) is 12.8 Å². The number of imidazole rings is 1. The Labute approximate surface area is 125 Å². The number of hydrogen-bond acceptors (Lipinski definition) is 3. The Bertz CT molecular complexity index is 600. The van der Waals surface area contributed by atoms with E-state index in [4.69, 9.17) is 4.74 Å². The molecule has 0 bridgehead atoms. The molecule has 4 nitrogen and oxygen atoms in total. The van der Waals surface area contributed by atoms with Crippen molar-refractivity contribution in [2.75, 3.05) is 20.2 Å². The number of aromatic nitrogens is 2. The number of hydrogen-bond donors (Lipinski definition) is 2. The molecular weight excluding hydrogens is 262 g/mol. The summed E-state index contributed by atoms with van der Waals surface area (Å²) in [7, 11) is 1.71. The highest BCUT2D eigenvalue weighted by Crippen LogP contribution is 2.30. The highest BCUT2D eigenvalue weighted by atomic mass is 16.5. The lowest BCUT2D eigenvalue weighted by atomic mass is 9.94. The van der Waals surface area contributed by atoms with Gasteiger partial charge >= 0.3 is 0 Å². The number of aryl methyl sites for hydroxylation is 1. The molecule has 0 saturated carbocycles. The van der Waals surface area contributed by atoms with Crippen molar-refractivity contribution in [1.82, 2.24) is 15.3 Å². The molecular formula is C17H23N3O. The summed E-state index contributed by atoms with van der Waals surface area (Å²) in [5.41, 5.74) is 3.35. The zero-order valence-corrected chi connectivity index (χ0v) is 12.8. The van der Waals surface area contributed by atoms with Gasteiger partial charge in [-0.25, -0.2) is 4.98 Å². The summed E-state index contributed by atoms with van der Waals surface area (Å²) in [6, 6.07) is 6.22. The molecule has 0 radical (unpaired) electrons. The van der Waals surface area contributed by atoms with Gasteiger partial charge in [-0.3, -0.25) is 0 Å². The third-order valence-corrected chi connectivity index (χ3v) is 4.21. The first-order chi connectivity index (χ1) is 10.3. The van der Waals surface area contributed by atoms with Crippen LogP contribution in [0.15, 0.2) is 24.4 Å². The number of aromatic amines is 1. The SMILES string of the molecule is COc1ccc(C)cc1-c1cnc(CC2CCNCC2)[nH]1. The van der Waals surface area contributed by atoms with E-state index < -0.39 is 0 Å². The molecule has 2 aromatic rings. The molecule has 1 aromatic heterocycles. The maximum Gasteiger partial charge on any atom is 0.128 e. The van der Waals surface area contributed by atoms with Crippen molar-refractivity contribution in [2.24, 2.45) is 5.92 Å². The predicted octanol–water partition coefficient (Wildman–Crippen LogP) is 2.94. The van der Waals surface area contributed by atoms with Crippen molar-refractivity contribution < 1.29 is 4.74 Å². The summed E-state index contributed by atoms with van der Waals surface area (Å²) >= 11 is 0. The van der Waals surface area contributed by atoms with Crippen molar-refractivity contribution in [3.05, 3.63) is 35.8 Å². The van der Waals surface area contributed by atoms with E-state index in [9.17, 15) is 0 Å². The number of benzene rings is 1. The lowest BCUT2D eigenvalue weighted by Crippen LogP contribution is -2.28. The summed E-state index contributed by atoms with van der Waals surface area (Å²) in [5, 5.41) is 3.41. The van der Waals surface area contributed by atoms with Crippen LogP contribution in [-0.2, 0) is 6.42 Å². The number of nitrogens with zero attached hydrogens (tertiary/aromatic N) is 1. The van der Waals surface area contributed by atoms with Gasteiger partial charge in [-0.1, -0.05) is 11.6 Å². The van der Waals surface area contributed by atoms with E-state index in [0.29, 0.717) is 0 Å². The molecule has 2 heterocycles. The number of methoxy groups -OCH3 is 1. The van der Waals surface area contributed by atoms with Crippen LogP contribution in [-0.4, -0.2) is 30.2 Å². The summed E-state index contributed by atoms with van der Waals surface area (Å²) < 4.78 is 5.46. The topological polar surface area (TPSA) is 49.9 Å². The molecule has 0 amide bonds. The second kappa shape index (κ2) is 6.31. The third kappa shape index (κ3) is 3.27. The first-order valence-electron chi connectivity index (χ1n) is 7.66. The Balaban J connectivity index is 1.79. The standard InChI is InChI=1S/C17H23N3O/c1-12-3-4-16(21-2)14(9-12)15-11-19-17(20-15)10-13-5-7-18-8-6-13/h3-4,9,11,13,18H,5-8,10H2,1-2H3,(H,19,20). The zero-order chi connectivity index (χ0) is 14.7. The molecule has 0 unspecified atom stereocenters. The maximum absolute atomic E-state index is 5.46. The largest absolute Gasteiger partial charge is 0.496 e. The van der Waals surface area contributed by atoms with Crippen molar-refractivity contribution in [1.29, 1.82) is 0 Å². The molecule has 1 saturated heterocycles. The Kier molecular flexibility index (Phi) is 4.25. The Morgan fingerprint density at radius 1 is 1.29 bits per heavy atom. The highest BCUT2D eigenvalue weighted by molar-refractivity contribution is 5.67. The number of H-pyrrole nitrogens is 1. The smallest absolute Gasteiger partial charge is 0.128 e. The Morgan fingerprint density at radius 2 is 2.10 bits per heavy atom. The summed E-state index contributed by atoms with van der Waals surface area (Å²) in [5.74, 6) is 2.71. The predicted molar refractivity (Wildman–Crippen MR) is 84.6 cm³/mol. The van der Waals surface area contributed by atoms with Gasteiger partial charge in [0.2, 0.25) is 0 Å². The molecule has 1 aliphatic heterocycles. The van der Waals surface area contributed by atoms with Gasteiger partial charge in [0, 0.05) is 12.0 Å². The van der Waals surface area contributed by atoms with E-state index in [1.165, 1.54) is 18.4 Å². The van der Waals surface area contributed by atoms with Gasteiger partial charge in [-0.15, -0.1) is 0 Å². The average molecular weight is 285 g/mol. The third-order valence-electron chi connectivity index (χ3n) is 4.21. The minimum absolute atomic E-state index is 0.740. The van der Waals surface area contributed by atoms with Gasteiger partial charge in [0.15, 0.2) is 0 Å². The van der Waals surface area contributed by atoms with E-state index in [0.717, 1.165) is 48.3 Å². The van der Waals surface area contributed by atoms with Gasteiger partial charge in [-0.05, 0) is 50.9 Å². The van der Waals surface area contributed by atoms with Crippen molar-refractivity contribution in [2.45, 2.75) is 26.2 Å². The molecule has 0 atom stereocenters. The van der Waals surface area contributed by atoms with E-state index in [2.05, 4.69) is 34.3 Å².